The molecule has 13 nitrogen and oxygen atoms in total. The standard InChI is InChI=1S/C48H88N2O11/c1-3-5-7-9-11-13-15-17-19-21-23-25-27-29-31-33-39(51)49-35-37-41(53)43(55)45(57)47(59-37)61-48-46(58)44(56)42(54)38(60-48)36-50-40(52)34-32-30-28-26-24-22-20-18-16-14-12-10-8-6-4-2/h17-20,37-38,41-48,53-58H,3-16,21-36H2,1-2H3,(H,49,51)(H,50,52)/b19-17-,20-18-/t37-,38-,41-,42-,43+,44+,45-,46-,47-,48-/m1/s1. The summed E-state index contributed by atoms with van der Waals surface area (Å²) in [7, 11) is 0. The molecule has 2 aliphatic rings. The van der Waals surface area contributed by atoms with Crippen molar-refractivity contribution in [3.8, 4) is 0 Å². The zero-order chi connectivity index (χ0) is 44.5. The number of carbonyl (C=O) groups is 2. The average molecular weight is 869 g/mol. The summed E-state index contributed by atoms with van der Waals surface area (Å²) in [5.74, 6) is -0.478. The molecule has 13 heteroatoms. The maximum absolute atomic E-state index is 12.6. The first-order valence-electron chi connectivity index (χ1n) is 24.5. The Bertz CT molecular complexity index is 1070. The van der Waals surface area contributed by atoms with Crippen molar-refractivity contribution >= 4 is 11.8 Å². The third-order valence-corrected chi connectivity index (χ3v) is 11.9. The Balaban J connectivity index is 1.63. The van der Waals surface area contributed by atoms with E-state index >= 15 is 0 Å². The zero-order valence-electron chi connectivity index (χ0n) is 38.0. The summed E-state index contributed by atoms with van der Waals surface area (Å²) in [6.45, 7) is 4.13. The Morgan fingerprint density at radius 3 is 1.05 bits per heavy atom. The molecule has 0 aliphatic carbocycles. The molecule has 0 spiro atoms. The Morgan fingerprint density at radius 1 is 0.426 bits per heavy atom. The molecule has 8 N–H and O–H groups in total. The molecule has 0 aromatic rings. The number of unbranched alkanes of at least 4 members (excludes halogenated alkanes) is 22. The van der Waals surface area contributed by atoms with Crippen molar-refractivity contribution < 1.29 is 54.4 Å². The maximum Gasteiger partial charge on any atom is 0.220 e. The number of allylic oxidation sites excluding steroid dienone is 4. The van der Waals surface area contributed by atoms with Crippen LogP contribution in [0, 0.1) is 0 Å². The second-order valence-electron chi connectivity index (χ2n) is 17.4. The molecular formula is C48H88N2O11. The van der Waals surface area contributed by atoms with E-state index in [1.165, 1.54) is 77.0 Å². The summed E-state index contributed by atoms with van der Waals surface area (Å²) in [5, 5.41) is 69.1. The smallest absolute Gasteiger partial charge is 0.220 e. The van der Waals surface area contributed by atoms with E-state index in [4.69, 9.17) is 14.2 Å². The van der Waals surface area contributed by atoms with Gasteiger partial charge in [-0.1, -0.05) is 141 Å². The highest BCUT2D eigenvalue weighted by molar-refractivity contribution is 5.76. The van der Waals surface area contributed by atoms with E-state index in [1.807, 2.05) is 0 Å². The lowest BCUT2D eigenvalue weighted by molar-refractivity contribution is -0.372. The number of carbonyl (C=O) groups excluding carboxylic acids is 2. The van der Waals surface area contributed by atoms with E-state index in [9.17, 15) is 40.2 Å². The topological polar surface area (TPSA) is 207 Å². The van der Waals surface area contributed by atoms with Crippen molar-refractivity contribution in [2.75, 3.05) is 13.1 Å². The Hall–Kier alpha value is -1.94. The first-order valence-corrected chi connectivity index (χ1v) is 24.5. The van der Waals surface area contributed by atoms with E-state index < -0.39 is 61.4 Å². The lowest BCUT2D eigenvalue weighted by Crippen LogP contribution is -2.64. The second kappa shape index (κ2) is 35.4. The third kappa shape index (κ3) is 24.6. The molecule has 0 radical (unpaired) electrons. The number of nitrogens with one attached hydrogen (secondary N) is 2. The van der Waals surface area contributed by atoms with Gasteiger partial charge in [-0.2, -0.15) is 0 Å². The van der Waals surface area contributed by atoms with Crippen LogP contribution in [0.4, 0.5) is 0 Å². The van der Waals surface area contributed by atoms with Crippen molar-refractivity contribution in [3.63, 3.8) is 0 Å². The Labute approximate surface area is 368 Å². The Morgan fingerprint density at radius 2 is 0.721 bits per heavy atom. The molecule has 0 bridgehead atoms. The third-order valence-electron chi connectivity index (χ3n) is 11.9. The predicted octanol–water partition coefficient (Wildman–Crippen LogP) is 6.93. The van der Waals surface area contributed by atoms with E-state index in [0.29, 0.717) is 25.7 Å². The van der Waals surface area contributed by atoms with Crippen LogP contribution in [-0.2, 0) is 23.8 Å². The van der Waals surface area contributed by atoms with E-state index in [0.717, 1.165) is 77.0 Å². The fourth-order valence-electron chi connectivity index (χ4n) is 7.85. The van der Waals surface area contributed by atoms with E-state index in [-0.39, 0.29) is 24.9 Å². The molecule has 0 aromatic heterocycles. The van der Waals surface area contributed by atoms with Gasteiger partial charge in [-0.3, -0.25) is 9.59 Å². The molecule has 2 rings (SSSR count). The van der Waals surface area contributed by atoms with Crippen LogP contribution < -0.4 is 10.6 Å². The molecule has 2 fully saturated rings. The molecule has 0 aromatic carbocycles. The van der Waals surface area contributed by atoms with Gasteiger partial charge in [-0.05, 0) is 64.2 Å². The number of hydrogen-bond acceptors (Lipinski definition) is 11. The number of hydrogen-bond donors (Lipinski definition) is 8. The summed E-state index contributed by atoms with van der Waals surface area (Å²) >= 11 is 0. The number of aliphatic hydroxyl groups is 6. The highest BCUT2D eigenvalue weighted by Crippen LogP contribution is 2.28. The number of rotatable bonds is 36. The van der Waals surface area contributed by atoms with Crippen LogP contribution in [0.25, 0.3) is 0 Å². The van der Waals surface area contributed by atoms with Crippen LogP contribution >= 0.6 is 0 Å². The van der Waals surface area contributed by atoms with Crippen LogP contribution in [-0.4, -0.2) is 117 Å². The SMILES string of the molecule is CCCCCCCC/C=C\CCCCCCCC(=O)NC[C@H]1O[C@H](O[C@H]2O[C@H](CNC(=O)CCCCCCC/C=C\CCCCCCCC)[C@@H](O)[C@H](O)[C@H]2O)[C@H](O)[C@@H](O)[C@@H]1O. The second-order valence-corrected chi connectivity index (χ2v) is 17.4. The molecule has 2 saturated heterocycles. The lowest BCUT2D eigenvalue weighted by atomic mass is 9.97. The molecule has 0 saturated carbocycles. The summed E-state index contributed by atoms with van der Waals surface area (Å²) < 4.78 is 17.1. The number of amides is 2. The van der Waals surface area contributed by atoms with Gasteiger partial charge >= 0.3 is 0 Å². The summed E-state index contributed by atoms with van der Waals surface area (Å²) in [4.78, 5) is 25.1. The average Bonchev–Trinajstić information content (AvgIpc) is 3.25. The van der Waals surface area contributed by atoms with E-state index in [1.54, 1.807) is 0 Å². The van der Waals surface area contributed by atoms with Gasteiger partial charge < -0.3 is 55.5 Å². The largest absolute Gasteiger partial charge is 0.388 e. The molecule has 2 amide bonds. The molecule has 2 aliphatic heterocycles. The minimum absolute atomic E-state index is 0.171. The van der Waals surface area contributed by atoms with Crippen LogP contribution in [0.1, 0.15) is 194 Å². The van der Waals surface area contributed by atoms with Crippen molar-refractivity contribution in [1.29, 1.82) is 0 Å². The minimum Gasteiger partial charge on any atom is -0.388 e. The van der Waals surface area contributed by atoms with Gasteiger partial charge in [-0.15, -0.1) is 0 Å². The summed E-state index contributed by atoms with van der Waals surface area (Å²) in [6.07, 6.45) is 24.2. The fourth-order valence-corrected chi connectivity index (χ4v) is 7.85. The van der Waals surface area contributed by atoms with Gasteiger partial charge in [0, 0.05) is 25.9 Å². The van der Waals surface area contributed by atoms with Gasteiger partial charge in [0.2, 0.25) is 11.8 Å². The quantitative estimate of drug-likeness (QED) is 0.0240. The van der Waals surface area contributed by atoms with Crippen LogP contribution in [0.5, 0.6) is 0 Å². The molecule has 10 atom stereocenters. The van der Waals surface area contributed by atoms with Gasteiger partial charge in [0.1, 0.15) is 48.8 Å². The Kier molecular flexibility index (Phi) is 32.0. The molecule has 356 valence electrons. The zero-order valence-corrected chi connectivity index (χ0v) is 38.0. The molecule has 61 heavy (non-hydrogen) atoms. The monoisotopic (exact) mass is 869 g/mol. The first kappa shape index (κ1) is 55.2. The molecule has 0 unspecified atom stereocenters. The predicted molar refractivity (Wildman–Crippen MR) is 239 cm³/mol. The van der Waals surface area contributed by atoms with Crippen molar-refractivity contribution in [1.82, 2.24) is 10.6 Å². The van der Waals surface area contributed by atoms with Crippen molar-refractivity contribution in [2.24, 2.45) is 0 Å². The van der Waals surface area contributed by atoms with Gasteiger partial charge in [0.05, 0.1) is 0 Å². The first-order chi connectivity index (χ1) is 29.6. The molecular weight excluding hydrogens is 781 g/mol. The number of aliphatic hydroxyl groups excluding tert-OH is 6. The minimum atomic E-state index is -1.76. The number of ether oxygens (including phenoxy) is 3. The lowest BCUT2D eigenvalue weighted by Gasteiger charge is -2.45. The van der Waals surface area contributed by atoms with Crippen LogP contribution in [0.15, 0.2) is 24.3 Å². The fraction of sp³-hybridized carbons (Fsp3) is 0.875. The normalized spacial score (nSPS) is 27.0. The summed E-state index contributed by atoms with van der Waals surface area (Å²) in [6, 6.07) is 0. The highest BCUT2D eigenvalue weighted by Gasteiger charge is 2.49. The van der Waals surface area contributed by atoms with Crippen LogP contribution in [0.3, 0.4) is 0 Å². The van der Waals surface area contributed by atoms with Crippen molar-refractivity contribution in [2.45, 2.75) is 255 Å². The van der Waals surface area contributed by atoms with Crippen molar-refractivity contribution in [3.05, 3.63) is 24.3 Å². The maximum atomic E-state index is 12.6. The van der Waals surface area contributed by atoms with Gasteiger partial charge in [0.15, 0.2) is 12.6 Å². The van der Waals surface area contributed by atoms with Gasteiger partial charge in [-0.25, -0.2) is 0 Å². The molecule has 2 heterocycles. The highest BCUT2D eigenvalue weighted by atomic mass is 16.8. The van der Waals surface area contributed by atoms with Gasteiger partial charge in [0.25, 0.3) is 0 Å². The van der Waals surface area contributed by atoms with E-state index in [2.05, 4.69) is 48.8 Å². The summed E-state index contributed by atoms with van der Waals surface area (Å²) in [5.41, 5.74) is 0. The van der Waals surface area contributed by atoms with Crippen LogP contribution in [0.2, 0.25) is 0 Å².